The van der Waals surface area contributed by atoms with Gasteiger partial charge in [-0.1, -0.05) is 0 Å². The van der Waals surface area contributed by atoms with E-state index in [0.717, 1.165) is 30.0 Å². The summed E-state index contributed by atoms with van der Waals surface area (Å²) in [5.74, 6) is 0.934. The van der Waals surface area contributed by atoms with Crippen molar-refractivity contribution in [2.75, 3.05) is 7.11 Å². The number of carbonyl (C=O) groups excluding carboxylic acids is 1. The Hall–Kier alpha value is -1.52. The number of hydrogen-bond acceptors (Lipinski definition) is 3. The summed E-state index contributed by atoms with van der Waals surface area (Å²) in [6, 6.07) is 0.226. The minimum atomic E-state index is 0.144. The molecule has 0 radical (unpaired) electrons. The molecule has 1 N–H and O–H groups in total. The van der Waals surface area contributed by atoms with Gasteiger partial charge in [-0.25, -0.2) is 4.68 Å². The Balaban J connectivity index is 2.17. The first-order chi connectivity index (χ1) is 7.61. The number of rotatable bonds is 3. The lowest BCUT2D eigenvalue weighted by Crippen LogP contribution is -2.27. The second-order valence-corrected chi connectivity index (χ2v) is 4.20. The predicted molar refractivity (Wildman–Crippen MR) is 59.4 cm³/mol. The molecule has 0 spiro atoms. The Morgan fingerprint density at radius 2 is 2.38 bits per heavy atom. The average Bonchev–Trinajstić information content (AvgIpc) is 2.73. The van der Waals surface area contributed by atoms with Crippen molar-refractivity contribution in [3.63, 3.8) is 0 Å². The molecule has 1 atom stereocenters. The fourth-order valence-corrected chi connectivity index (χ4v) is 2.25. The van der Waals surface area contributed by atoms with Crippen molar-refractivity contribution < 1.29 is 9.53 Å². The largest absolute Gasteiger partial charge is 0.481 e. The molecule has 2 heterocycles. The molecular weight excluding hydrogens is 206 g/mol. The van der Waals surface area contributed by atoms with Crippen molar-refractivity contribution in [2.24, 2.45) is 7.05 Å². The molecule has 0 aromatic carbocycles. The average molecular weight is 223 g/mol. The number of aromatic nitrogens is 2. The van der Waals surface area contributed by atoms with Crippen LogP contribution < -0.4 is 10.1 Å². The summed E-state index contributed by atoms with van der Waals surface area (Å²) in [4.78, 5) is 11.1. The van der Waals surface area contributed by atoms with Crippen LogP contribution in [0.1, 0.15) is 24.1 Å². The zero-order valence-corrected chi connectivity index (χ0v) is 9.91. The Morgan fingerprint density at radius 1 is 1.62 bits per heavy atom. The van der Waals surface area contributed by atoms with Gasteiger partial charge in [0.05, 0.1) is 12.8 Å². The summed E-state index contributed by atoms with van der Waals surface area (Å²) in [5.41, 5.74) is 2.07. The van der Waals surface area contributed by atoms with Crippen LogP contribution in [0, 0.1) is 6.92 Å². The maximum atomic E-state index is 11.1. The lowest BCUT2D eigenvalue weighted by Gasteiger charge is -2.10. The molecule has 88 valence electrons. The van der Waals surface area contributed by atoms with Gasteiger partial charge in [0.15, 0.2) is 0 Å². The Labute approximate surface area is 94.8 Å². The zero-order valence-electron chi connectivity index (χ0n) is 9.91. The molecule has 0 aliphatic carbocycles. The monoisotopic (exact) mass is 223 g/mol. The van der Waals surface area contributed by atoms with Crippen LogP contribution in [0.5, 0.6) is 5.88 Å². The van der Waals surface area contributed by atoms with Crippen molar-refractivity contribution in [1.29, 1.82) is 0 Å². The van der Waals surface area contributed by atoms with Gasteiger partial charge >= 0.3 is 0 Å². The van der Waals surface area contributed by atoms with Gasteiger partial charge in [0.1, 0.15) is 0 Å². The summed E-state index contributed by atoms with van der Waals surface area (Å²) >= 11 is 0. The van der Waals surface area contributed by atoms with E-state index >= 15 is 0 Å². The first-order valence-corrected chi connectivity index (χ1v) is 5.47. The minimum Gasteiger partial charge on any atom is -0.481 e. The molecule has 2 rings (SSSR count). The van der Waals surface area contributed by atoms with Crippen molar-refractivity contribution in [3.05, 3.63) is 11.3 Å². The topological polar surface area (TPSA) is 56.1 Å². The van der Waals surface area contributed by atoms with Gasteiger partial charge in [0, 0.05) is 25.1 Å². The summed E-state index contributed by atoms with van der Waals surface area (Å²) in [7, 11) is 3.51. The highest BCUT2D eigenvalue weighted by Crippen LogP contribution is 2.24. The van der Waals surface area contributed by atoms with E-state index in [1.807, 2.05) is 14.0 Å². The lowest BCUT2D eigenvalue weighted by molar-refractivity contribution is -0.119. The first-order valence-electron chi connectivity index (χ1n) is 5.47. The standard InChI is InChI=1S/C11H17N3O2/c1-7-9(11(16-3)14(2)13-7)6-8-4-5-10(15)12-8/h8H,4-6H2,1-3H3,(H,12,15)/t8-/m0/s1. The van der Waals surface area contributed by atoms with Crippen LogP contribution in [0.3, 0.4) is 0 Å². The van der Waals surface area contributed by atoms with E-state index in [2.05, 4.69) is 10.4 Å². The molecule has 0 bridgehead atoms. The van der Waals surface area contributed by atoms with Crippen LogP contribution in [-0.4, -0.2) is 28.8 Å². The van der Waals surface area contributed by atoms with Crippen LogP contribution in [0.2, 0.25) is 0 Å². The third-order valence-electron chi connectivity index (χ3n) is 3.02. The quantitative estimate of drug-likeness (QED) is 0.814. The molecule has 1 fully saturated rings. The normalized spacial score (nSPS) is 19.9. The second-order valence-electron chi connectivity index (χ2n) is 4.20. The number of ether oxygens (including phenoxy) is 1. The van der Waals surface area contributed by atoms with Crippen molar-refractivity contribution in [2.45, 2.75) is 32.2 Å². The third-order valence-corrected chi connectivity index (χ3v) is 3.02. The maximum Gasteiger partial charge on any atom is 0.220 e. The fraction of sp³-hybridized carbons (Fsp3) is 0.636. The number of amides is 1. The summed E-state index contributed by atoms with van der Waals surface area (Å²) < 4.78 is 7.06. The highest BCUT2D eigenvalue weighted by Gasteiger charge is 2.24. The highest BCUT2D eigenvalue weighted by atomic mass is 16.5. The molecule has 16 heavy (non-hydrogen) atoms. The molecule has 1 aromatic rings. The molecule has 1 aliphatic rings. The smallest absolute Gasteiger partial charge is 0.220 e. The summed E-state index contributed by atoms with van der Waals surface area (Å²) in [5, 5.41) is 7.28. The van der Waals surface area contributed by atoms with Crippen LogP contribution >= 0.6 is 0 Å². The van der Waals surface area contributed by atoms with Gasteiger partial charge in [-0.15, -0.1) is 0 Å². The van der Waals surface area contributed by atoms with Crippen molar-refractivity contribution in [1.82, 2.24) is 15.1 Å². The molecule has 0 saturated carbocycles. The predicted octanol–water partition coefficient (Wildman–Crippen LogP) is 0.558. The fourth-order valence-electron chi connectivity index (χ4n) is 2.25. The minimum absolute atomic E-state index is 0.144. The number of nitrogens with one attached hydrogen (secondary N) is 1. The zero-order chi connectivity index (χ0) is 11.7. The van der Waals surface area contributed by atoms with Crippen LogP contribution in [0.4, 0.5) is 0 Å². The van der Waals surface area contributed by atoms with E-state index in [4.69, 9.17) is 4.74 Å². The number of hydrogen-bond donors (Lipinski definition) is 1. The van der Waals surface area contributed by atoms with Crippen LogP contribution in [0.15, 0.2) is 0 Å². The van der Waals surface area contributed by atoms with E-state index in [1.165, 1.54) is 0 Å². The van der Waals surface area contributed by atoms with Gasteiger partial charge in [-0.05, 0) is 19.8 Å². The van der Waals surface area contributed by atoms with Gasteiger partial charge in [-0.2, -0.15) is 5.10 Å². The first kappa shape index (κ1) is 11.0. The molecule has 1 amide bonds. The van der Waals surface area contributed by atoms with E-state index in [-0.39, 0.29) is 11.9 Å². The van der Waals surface area contributed by atoms with Crippen LogP contribution in [0.25, 0.3) is 0 Å². The van der Waals surface area contributed by atoms with E-state index in [9.17, 15) is 4.79 Å². The Morgan fingerprint density at radius 3 is 2.94 bits per heavy atom. The molecular formula is C11H17N3O2. The molecule has 0 unspecified atom stereocenters. The number of nitrogens with zero attached hydrogens (tertiary/aromatic N) is 2. The lowest BCUT2D eigenvalue weighted by atomic mass is 10.1. The van der Waals surface area contributed by atoms with Gasteiger partial charge in [0.2, 0.25) is 11.8 Å². The molecule has 1 aliphatic heterocycles. The van der Waals surface area contributed by atoms with Crippen molar-refractivity contribution >= 4 is 5.91 Å². The van der Waals surface area contributed by atoms with Crippen molar-refractivity contribution in [3.8, 4) is 5.88 Å². The van der Waals surface area contributed by atoms with Gasteiger partial charge < -0.3 is 10.1 Å². The summed E-state index contributed by atoms with van der Waals surface area (Å²) in [6.07, 6.45) is 2.33. The number of aryl methyl sites for hydroxylation is 2. The number of methoxy groups -OCH3 is 1. The highest BCUT2D eigenvalue weighted by molar-refractivity contribution is 5.78. The van der Waals surface area contributed by atoms with Gasteiger partial charge in [-0.3, -0.25) is 4.79 Å². The van der Waals surface area contributed by atoms with Gasteiger partial charge in [0.25, 0.3) is 0 Å². The molecule has 5 heteroatoms. The van der Waals surface area contributed by atoms with Crippen LogP contribution in [-0.2, 0) is 18.3 Å². The number of carbonyl (C=O) groups is 1. The molecule has 1 aromatic heterocycles. The van der Waals surface area contributed by atoms with E-state index in [0.29, 0.717) is 6.42 Å². The molecule has 1 saturated heterocycles. The molecule has 5 nitrogen and oxygen atoms in total. The Bertz CT molecular complexity index is 412. The third kappa shape index (κ3) is 1.89. The SMILES string of the molecule is COc1c(C[C@@H]2CCC(=O)N2)c(C)nn1C. The van der Waals surface area contributed by atoms with E-state index in [1.54, 1.807) is 11.8 Å². The Kier molecular flexibility index (Phi) is 2.85. The maximum absolute atomic E-state index is 11.1. The van der Waals surface area contributed by atoms with E-state index < -0.39 is 0 Å². The summed E-state index contributed by atoms with van der Waals surface area (Å²) in [6.45, 7) is 1.97. The second kappa shape index (κ2) is 4.15.